The molecule has 2 amide bonds. The minimum Gasteiger partial charge on any atom is -0.357 e. The van der Waals surface area contributed by atoms with E-state index in [1.807, 2.05) is 42.6 Å². The van der Waals surface area contributed by atoms with Gasteiger partial charge in [0.2, 0.25) is 5.91 Å². The number of amides is 2. The Morgan fingerprint density at radius 1 is 1.06 bits per heavy atom. The van der Waals surface area contributed by atoms with Crippen LogP contribution in [0.1, 0.15) is 23.3 Å². The van der Waals surface area contributed by atoms with Crippen LogP contribution in [0.5, 0.6) is 0 Å². The molecule has 3 aromatic heterocycles. The lowest BCUT2D eigenvalue weighted by Crippen LogP contribution is -2.48. The van der Waals surface area contributed by atoms with Crippen LogP contribution in [-0.4, -0.2) is 44.1 Å². The van der Waals surface area contributed by atoms with E-state index in [9.17, 15) is 9.59 Å². The van der Waals surface area contributed by atoms with E-state index in [0.717, 1.165) is 27.7 Å². The Kier molecular flexibility index (Phi) is 4.47. The van der Waals surface area contributed by atoms with Gasteiger partial charge < -0.3 is 10.6 Å². The number of nitrogens with one attached hydrogen (secondary N) is 2. The molecule has 154 valence electrons. The second-order valence-corrected chi connectivity index (χ2v) is 7.60. The molecule has 0 atom stereocenters. The van der Waals surface area contributed by atoms with Crippen LogP contribution in [0.15, 0.2) is 67.3 Å². The quantitative estimate of drug-likeness (QED) is 0.524. The third-order valence-corrected chi connectivity index (χ3v) is 5.51. The molecule has 0 radical (unpaired) electrons. The topological polar surface area (TPSA) is 102 Å². The summed E-state index contributed by atoms with van der Waals surface area (Å²) in [5, 5.41) is 11.0. The van der Waals surface area contributed by atoms with Gasteiger partial charge in [0.25, 0.3) is 5.91 Å². The number of fused-ring (bicyclic) bond motifs is 1. The highest BCUT2D eigenvalue weighted by molar-refractivity contribution is 6.00. The van der Waals surface area contributed by atoms with Crippen molar-refractivity contribution in [2.45, 2.75) is 18.4 Å². The van der Waals surface area contributed by atoms with Gasteiger partial charge in [-0.1, -0.05) is 6.07 Å². The molecule has 0 bridgehead atoms. The van der Waals surface area contributed by atoms with Crippen LogP contribution >= 0.6 is 0 Å². The molecule has 2 N–H and O–H groups in total. The molecule has 0 unspecified atom stereocenters. The minimum atomic E-state index is -0.802. The van der Waals surface area contributed by atoms with Gasteiger partial charge in [0.1, 0.15) is 11.2 Å². The van der Waals surface area contributed by atoms with Gasteiger partial charge in [0.15, 0.2) is 0 Å². The van der Waals surface area contributed by atoms with Crippen molar-refractivity contribution in [3.63, 3.8) is 0 Å². The number of pyridine rings is 2. The number of hydrogen-bond acceptors (Lipinski definition) is 5. The molecule has 0 spiro atoms. The average Bonchev–Trinajstić information content (AvgIpc) is 3.47. The number of hydrogen-bond donors (Lipinski definition) is 2. The number of likely N-dealkylation sites (N-methyl/N-ethyl adjacent to an activating group) is 1. The van der Waals surface area contributed by atoms with E-state index in [2.05, 4.69) is 25.7 Å². The maximum Gasteiger partial charge on any atom is 0.270 e. The Morgan fingerprint density at radius 2 is 1.90 bits per heavy atom. The molecular formula is C23H20N6O2. The Balaban J connectivity index is 1.43. The summed E-state index contributed by atoms with van der Waals surface area (Å²) < 4.78 is 1.79. The highest BCUT2D eigenvalue weighted by Gasteiger charge is 2.50. The van der Waals surface area contributed by atoms with Crippen molar-refractivity contribution in [1.82, 2.24) is 30.4 Å². The summed E-state index contributed by atoms with van der Waals surface area (Å²) >= 11 is 0. The van der Waals surface area contributed by atoms with Crippen molar-refractivity contribution >= 4 is 22.7 Å². The summed E-state index contributed by atoms with van der Waals surface area (Å²) in [4.78, 5) is 33.1. The number of rotatable bonds is 5. The van der Waals surface area contributed by atoms with E-state index in [-0.39, 0.29) is 17.5 Å². The second-order valence-electron chi connectivity index (χ2n) is 7.60. The standard InChI is InChI=1S/C23H20N6O2/c1-24-22(31)23(7-8-23)27-21(30)20-12-16(6-10-26-20)15-4-5-19-17(11-15)14-29(28-19)18-3-2-9-25-13-18/h2-6,9-14H,7-8H2,1H3,(H,24,31)(H,27,30). The number of carbonyl (C=O) groups excluding carboxylic acids is 2. The van der Waals surface area contributed by atoms with Crippen molar-refractivity contribution in [2.24, 2.45) is 0 Å². The Labute approximate surface area is 178 Å². The van der Waals surface area contributed by atoms with E-state index < -0.39 is 5.54 Å². The van der Waals surface area contributed by atoms with Crippen LogP contribution in [0, 0.1) is 0 Å². The van der Waals surface area contributed by atoms with Crippen LogP contribution in [-0.2, 0) is 4.79 Å². The van der Waals surface area contributed by atoms with Gasteiger partial charge in [-0.25, -0.2) is 4.68 Å². The summed E-state index contributed by atoms with van der Waals surface area (Å²) in [5.41, 5.74) is 3.03. The van der Waals surface area contributed by atoms with E-state index in [1.54, 1.807) is 36.4 Å². The van der Waals surface area contributed by atoms with Gasteiger partial charge in [-0.2, -0.15) is 5.10 Å². The molecule has 1 fully saturated rings. The number of benzene rings is 1. The van der Waals surface area contributed by atoms with Crippen LogP contribution in [0.2, 0.25) is 0 Å². The third kappa shape index (κ3) is 3.52. The molecule has 0 saturated heterocycles. The van der Waals surface area contributed by atoms with E-state index in [4.69, 9.17) is 0 Å². The van der Waals surface area contributed by atoms with Crippen molar-refractivity contribution in [1.29, 1.82) is 0 Å². The molecular weight excluding hydrogens is 392 g/mol. The fourth-order valence-electron chi connectivity index (χ4n) is 3.62. The van der Waals surface area contributed by atoms with Crippen molar-refractivity contribution in [3.8, 4) is 16.8 Å². The number of nitrogens with zero attached hydrogens (tertiary/aromatic N) is 4. The van der Waals surface area contributed by atoms with Crippen LogP contribution in [0.4, 0.5) is 0 Å². The van der Waals surface area contributed by atoms with Gasteiger partial charge in [-0.3, -0.25) is 19.6 Å². The first kappa shape index (κ1) is 18.9. The predicted octanol–water partition coefficient (Wildman–Crippen LogP) is 2.49. The maximum absolute atomic E-state index is 12.7. The van der Waals surface area contributed by atoms with Gasteiger partial charge in [-0.15, -0.1) is 0 Å². The number of carbonyl (C=O) groups is 2. The van der Waals surface area contributed by atoms with Gasteiger partial charge in [0.05, 0.1) is 17.4 Å². The highest BCUT2D eigenvalue weighted by Crippen LogP contribution is 2.35. The van der Waals surface area contributed by atoms with E-state index in [1.165, 1.54) is 0 Å². The molecule has 5 rings (SSSR count). The van der Waals surface area contributed by atoms with E-state index in [0.29, 0.717) is 12.8 Å². The molecule has 0 aliphatic heterocycles. The second kappa shape index (κ2) is 7.32. The van der Waals surface area contributed by atoms with Gasteiger partial charge >= 0.3 is 0 Å². The van der Waals surface area contributed by atoms with Crippen molar-refractivity contribution in [2.75, 3.05) is 7.05 Å². The fraction of sp³-hybridized carbons (Fsp3) is 0.174. The van der Waals surface area contributed by atoms with E-state index >= 15 is 0 Å². The summed E-state index contributed by atoms with van der Waals surface area (Å²) in [7, 11) is 1.57. The summed E-state index contributed by atoms with van der Waals surface area (Å²) in [6, 6.07) is 13.3. The highest BCUT2D eigenvalue weighted by atomic mass is 16.2. The minimum absolute atomic E-state index is 0.173. The smallest absolute Gasteiger partial charge is 0.270 e. The summed E-state index contributed by atoms with van der Waals surface area (Å²) in [5.74, 6) is -0.526. The zero-order chi connectivity index (χ0) is 21.4. The fourth-order valence-corrected chi connectivity index (χ4v) is 3.62. The lowest BCUT2D eigenvalue weighted by molar-refractivity contribution is -0.123. The van der Waals surface area contributed by atoms with Crippen LogP contribution < -0.4 is 10.6 Å². The Bertz CT molecular complexity index is 1290. The van der Waals surface area contributed by atoms with Crippen LogP contribution in [0.25, 0.3) is 27.7 Å². The molecule has 4 aromatic rings. The zero-order valence-electron chi connectivity index (χ0n) is 16.9. The predicted molar refractivity (Wildman–Crippen MR) is 116 cm³/mol. The zero-order valence-corrected chi connectivity index (χ0v) is 16.9. The third-order valence-electron chi connectivity index (χ3n) is 5.51. The Hall–Kier alpha value is -4.07. The van der Waals surface area contributed by atoms with Crippen molar-refractivity contribution < 1.29 is 9.59 Å². The molecule has 1 aliphatic rings. The molecule has 3 heterocycles. The lowest BCUT2D eigenvalue weighted by atomic mass is 10.0. The summed E-state index contributed by atoms with van der Waals surface area (Å²) in [6.07, 6.45) is 8.30. The first-order chi connectivity index (χ1) is 15.1. The SMILES string of the molecule is CNC(=O)C1(NC(=O)c2cc(-c3ccc4nn(-c5cccnc5)cc4c3)ccn2)CC1. The van der Waals surface area contributed by atoms with Gasteiger partial charge in [0, 0.05) is 31.0 Å². The number of aromatic nitrogens is 4. The maximum atomic E-state index is 12.7. The molecule has 8 nitrogen and oxygen atoms in total. The monoisotopic (exact) mass is 412 g/mol. The summed E-state index contributed by atoms with van der Waals surface area (Å²) in [6.45, 7) is 0. The van der Waals surface area contributed by atoms with Crippen molar-refractivity contribution in [3.05, 3.63) is 72.9 Å². The normalized spacial score (nSPS) is 14.2. The first-order valence-corrected chi connectivity index (χ1v) is 9.99. The first-order valence-electron chi connectivity index (χ1n) is 9.99. The molecule has 1 aromatic carbocycles. The molecule has 1 saturated carbocycles. The molecule has 8 heteroatoms. The average molecular weight is 412 g/mol. The Morgan fingerprint density at radius 3 is 2.65 bits per heavy atom. The molecule has 31 heavy (non-hydrogen) atoms. The lowest BCUT2D eigenvalue weighted by Gasteiger charge is -2.15. The van der Waals surface area contributed by atoms with Crippen LogP contribution in [0.3, 0.4) is 0 Å². The largest absolute Gasteiger partial charge is 0.357 e. The van der Waals surface area contributed by atoms with Gasteiger partial charge in [-0.05, 0) is 60.4 Å². The molecule has 1 aliphatic carbocycles.